The summed E-state index contributed by atoms with van der Waals surface area (Å²) in [6.07, 6.45) is 7.83. The Kier molecular flexibility index (Phi) is 9.14. The third-order valence-corrected chi connectivity index (χ3v) is 11.8. The largest absolute Gasteiger partial charge is 0.455 e. The molecule has 0 aromatic heterocycles. The summed E-state index contributed by atoms with van der Waals surface area (Å²) < 4.78 is 9.33. The summed E-state index contributed by atoms with van der Waals surface area (Å²) in [5.74, 6) is 1.94. The first-order valence-corrected chi connectivity index (χ1v) is 17.0. The molecular weight excluding hydrogens is 548 g/mol. The number of rotatable bonds is 8. The van der Waals surface area contributed by atoms with E-state index < -0.39 is 8.07 Å². The number of fused-ring (bicyclic) bond motifs is 2. The van der Waals surface area contributed by atoms with Gasteiger partial charge in [0, 0.05) is 39.6 Å². The molecule has 2 nitrogen and oxygen atoms in total. The third kappa shape index (κ3) is 6.08. The molecule has 0 N–H and O–H groups in total. The first-order valence-electron chi connectivity index (χ1n) is 14.7. The molecule has 3 aromatic rings. The van der Waals surface area contributed by atoms with E-state index in [1.54, 1.807) is 0 Å². The highest BCUT2D eigenvalue weighted by atomic mass is 31.1. The van der Waals surface area contributed by atoms with Gasteiger partial charge in [-0.25, -0.2) is 0 Å². The molecule has 220 valence electrons. The first-order chi connectivity index (χ1) is 19.7. The maximum Gasteiger partial charge on any atom is 0.141 e. The summed E-state index contributed by atoms with van der Waals surface area (Å²) in [6.45, 7) is 33.0. The summed E-state index contributed by atoms with van der Waals surface area (Å²) in [5, 5.41) is 4.85. The highest BCUT2D eigenvalue weighted by Crippen LogP contribution is 2.56. The fraction of sp³-hybridized carbons (Fsp3) is 0.316. The Morgan fingerprint density at radius 3 is 1.88 bits per heavy atom. The summed E-state index contributed by atoms with van der Waals surface area (Å²) in [7, 11) is -0.571. The van der Waals surface area contributed by atoms with Crippen molar-refractivity contribution in [3.8, 4) is 11.5 Å². The van der Waals surface area contributed by atoms with Crippen molar-refractivity contribution in [2.24, 2.45) is 0 Å². The van der Waals surface area contributed by atoms with Crippen molar-refractivity contribution in [2.75, 3.05) is 0 Å². The topological polar surface area (TPSA) is 12.5 Å². The zero-order chi connectivity index (χ0) is 31.0. The Morgan fingerprint density at radius 1 is 0.833 bits per heavy atom. The van der Waals surface area contributed by atoms with Gasteiger partial charge in [0.2, 0.25) is 0 Å². The van der Waals surface area contributed by atoms with Crippen LogP contribution >= 0.6 is 16.7 Å². The van der Waals surface area contributed by atoms with Crippen molar-refractivity contribution in [3.05, 3.63) is 126 Å². The molecular formula is C38H47NOP2. The van der Waals surface area contributed by atoms with Crippen molar-refractivity contribution in [1.82, 2.24) is 4.67 Å². The molecule has 0 aliphatic carbocycles. The number of hydrogen-bond acceptors (Lipinski definition) is 2. The lowest BCUT2D eigenvalue weighted by Gasteiger charge is -2.41. The minimum Gasteiger partial charge on any atom is -0.455 e. The van der Waals surface area contributed by atoms with Gasteiger partial charge in [-0.3, -0.25) is 0 Å². The van der Waals surface area contributed by atoms with Crippen LogP contribution in [0.25, 0.3) is 0 Å². The van der Waals surface area contributed by atoms with Gasteiger partial charge >= 0.3 is 0 Å². The normalized spacial score (nSPS) is 15.4. The Labute approximate surface area is 257 Å². The molecule has 3 aromatic carbocycles. The van der Waals surface area contributed by atoms with E-state index >= 15 is 0 Å². The van der Waals surface area contributed by atoms with Gasteiger partial charge in [0.25, 0.3) is 0 Å². The van der Waals surface area contributed by atoms with Crippen LogP contribution in [0.2, 0.25) is 0 Å². The molecule has 0 radical (unpaired) electrons. The van der Waals surface area contributed by atoms with E-state index in [4.69, 9.17) is 4.74 Å². The zero-order valence-corrected chi connectivity index (χ0v) is 28.8. The Bertz CT molecular complexity index is 1530. The minimum absolute atomic E-state index is 0.00719. The van der Waals surface area contributed by atoms with E-state index in [0.717, 1.165) is 22.1 Å². The van der Waals surface area contributed by atoms with Gasteiger partial charge in [-0.15, -0.1) is 0 Å². The Morgan fingerprint density at radius 2 is 1.38 bits per heavy atom. The van der Waals surface area contributed by atoms with Gasteiger partial charge in [0.1, 0.15) is 11.5 Å². The summed E-state index contributed by atoms with van der Waals surface area (Å²) in [4.78, 5) is 0. The first kappa shape index (κ1) is 32.0. The maximum atomic E-state index is 7.21. The molecule has 2 atom stereocenters. The summed E-state index contributed by atoms with van der Waals surface area (Å²) >= 11 is 0. The molecule has 0 saturated carbocycles. The molecule has 42 heavy (non-hydrogen) atoms. The second-order valence-electron chi connectivity index (χ2n) is 13.5. The van der Waals surface area contributed by atoms with Crippen LogP contribution in [-0.4, -0.2) is 4.67 Å². The van der Waals surface area contributed by atoms with Crippen LogP contribution in [0.15, 0.2) is 104 Å². The predicted octanol–water partition coefficient (Wildman–Crippen LogP) is 10.0. The average molecular weight is 596 g/mol. The summed E-state index contributed by atoms with van der Waals surface area (Å²) in [6, 6.07) is 20.2. The molecule has 1 aliphatic rings. The average Bonchev–Trinajstić information content (AvgIpc) is 2.93. The van der Waals surface area contributed by atoms with Crippen LogP contribution in [0, 0.1) is 0 Å². The van der Waals surface area contributed by atoms with E-state index in [0.29, 0.717) is 8.58 Å². The molecule has 0 spiro atoms. The van der Waals surface area contributed by atoms with Gasteiger partial charge in [-0.2, -0.15) is 0 Å². The van der Waals surface area contributed by atoms with Crippen LogP contribution < -0.4 is 20.7 Å². The lowest BCUT2D eigenvalue weighted by atomic mass is 9.72. The second kappa shape index (κ2) is 12.0. The van der Waals surface area contributed by atoms with E-state index in [2.05, 4.69) is 147 Å². The molecule has 1 heterocycles. The SMILES string of the molecule is C=C/C(=C\C)P(c1cc(C(C)(C)C)cc2c1Oc1c(Pc3ccccc3)cc(C(C)(C)C)cc1C2(C)C)N(C=C)C=C. The quantitative estimate of drug-likeness (QED) is 0.190. The van der Waals surface area contributed by atoms with Crippen LogP contribution in [0.1, 0.15) is 84.6 Å². The summed E-state index contributed by atoms with van der Waals surface area (Å²) in [5.41, 5.74) is 4.77. The second-order valence-corrected chi connectivity index (χ2v) is 16.9. The number of hydrogen-bond donors (Lipinski definition) is 0. The van der Waals surface area contributed by atoms with E-state index in [-0.39, 0.29) is 16.2 Å². The molecule has 0 amide bonds. The zero-order valence-electron chi connectivity index (χ0n) is 26.9. The van der Waals surface area contributed by atoms with Gasteiger partial charge in [0.15, 0.2) is 0 Å². The molecule has 4 rings (SSSR count). The van der Waals surface area contributed by atoms with Crippen LogP contribution in [0.3, 0.4) is 0 Å². The molecule has 0 bridgehead atoms. The number of ether oxygens (including phenoxy) is 1. The number of benzene rings is 3. The third-order valence-electron chi connectivity index (χ3n) is 8.08. The van der Waals surface area contributed by atoms with E-state index in [1.807, 2.05) is 18.5 Å². The molecule has 0 fully saturated rings. The van der Waals surface area contributed by atoms with Gasteiger partial charge in [-0.1, -0.05) is 138 Å². The smallest absolute Gasteiger partial charge is 0.141 e. The highest BCUT2D eigenvalue weighted by Gasteiger charge is 2.41. The van der Waals surface area contributed by atoms with Crippen molar-refractivity contribution in [1.29, 1.82) is 0 Å². The van der Waals surface area contributed by atoms with Crippen molar-refractivity contribution >= 4 is 32.6 Å². The molecule has 1 aliphatic heterocycles. The standard InChI is InChI=1S/C38H47NOP2/c1-13-29(14-2)42(39(15-3)16-4)33-25-27(37(8,9)10)23-31-35(33)40-34-30(38(31,11)12)22-26(36(5,6)7)24-32(34)41-28-20-18-17-19-21-28/h13-25,41H,1,3-4H2,2,5-12H3/b29-14+. The highest BCUT2D eigenvalue weighted by molar-refractivity contribution is 7.68. The lowest BCUT2D eigenvalue weighted by Crippen LogP contribution is -2.33. The van der Waals surface area contributed by atoms with Gasteiger partial charge in [0.05, 0.1) is 8.07 Å². The van der Waals surface area contributed by atoms with Crippen LogP contribution in [0.5, 0.6) is 11.5 Å². The fourth-order valence-corrected chi connectivity index (χ4v) is 8.74. The van der Waals surface area contributed by atoms with Gasteiger partial charge < -0.3 is 9.41 Å². The molecule has 2 unspecified atom stereocenters. The van der Waals surface area contributed by atoms with E-state index in [1.165, 1.54) is 32.9 Å². The van der Waals surface area contributed by atoms with E-state index in [9.17, 15) is 0 Å². The molecule has 0 saturated heterocycles. The van der Waals surface area contributed by atoms with Gasteiger partial charge in [-0.05, 0) is 51.6 Å². The lowest BCUT2D eigenvalue weighted by molar-refractivity contribution is 0.421. The number of nitrogens with zero attached hydrogens (tertiary/aromatic N) is 1. The van der Waals surface area contributed by atoms with Crippen molar-refractivity contribution < 1.29 is 4.74 Å². The monoisotopic (exact) mass is 595 g/mol. The molecule has 4 heteroatoms. The van der Waals surface area contributed by atoms with Crippen molar-refractivity contribution in [2.45, 2.75) is 78.6 Å². The van der Waals surface area contributed by atoms with Crippen LogP contribution in [0.4, 0.5) is 0 Å². The predicted molar refractivity (Wildman–Crippen MR) is 189 cm³/mol. The Hall–Kier alpha value is -2.92. The maximum absolute atomic E-state index is 7.21. The minimum atomic E-state index is -1.06. The Balaban J connectivity index is 2.10. The van der Waals surface area contributed by atoms with Crippen molar-refractivity contribution in [3.63, 3.8) is 0 Å². The fourth-order valence-electron chi connectivity index (χ4n) is 5.39. The van der Waals surface area contributed by atoms with Crippen LogP contribution in [-0.2, 0) is 16.2 Å². The number of allylic oxidation sites excluding steroid dienone is 3.